The Hall–Kier alpha value is -0.860. The van der Waals surface area contributed by atoms with Crippen LogP contribution in [0.5, 0.6) is 0 Å². The van der Waals surface area contributed by atoms with Crippen LogP contribution in [0.2, 0.25) is 0 Å². The van der Waals surface area contributed by atoms with Crippen LogP contribution >= 0.6 is 0 Å². The predicted molar refractivity (Wildman–Crippen MR) is 61.9 cm³/mol. The monoisotopic (exact) mass is 205 g/mol. The van der Waals surface area contributed by atoms with Crippen molar-refractivity contribution >= 4 is 0 Å². The molecule has 2 heteroatoms. The van der Waals surface area contributed by atoms with Gasteiger partial charge < -0.3 is 10.5 Å². The van der Waals surface area contributed by atoms with Crippen LogP contribution in [0.1, 0.15) is 25.0 Å². The molecular weight excluding hydrogens is 186 g/mol. The molecule has 0 aromatic heterocycles. The van der Waals surface area contributed by atoms with Crippen molar-refractivity contribution in [3.63, 3.8) is 0 Å². The molecule has 0 radical (unpaired) electrons. The van der Waals surface area contributed by atoms with E-state index in [2.05, 4.69) is 38.1 Å². The van der Waals surface area contributed by atoms with Gasteiger partial charge in [-0.15, -0.1) is 0 Å². The summed E-state index contributed by atoms with van der Waals surface area (Å²) in [5, 5.41) is 0. The maximum absolute atomic E-state index is 6.01. The number of hydrogen-bond donors (Lipinski definition) is 1. The van der Waals surface area contributed by atoms with Crippen molar-refractivity contribution < 1.29 is 4.74 Å². The van der Waals surface area contributed by atoms with Gasteiger partial charge in [-0.1, -0.05) is 24.3 Å². The Kier molecular flexibility index (Phi) is 2.81. The lowest BCUT2D eigenvalue weighted by atomic mass is 10.00. The number of ether oxygens (including phenoxy) is 1. The van der Waals surface area contributed by atoms with E-state index in [4.69, 9.17) is 10.5 Å². The molecule has 0 heterocycles. The van der Waals surface area contributed by atoms with Crippen molar-refractivity contribution in [1.82, 2.24) is 0 Å². The summed E-state index contributed by atoms with van der Waals surface area (Å²) in [5.74, 6) is 0. The van der Waals surface area contributed by atoms with E-state index in [1.807, 2.05) is 0 Å². The summed E-state index contributed by atoms with van der Waals surface area (Å²) < 4.78 is 6.01. The van der Waals surface area contributed by atoms with Crippen molar-refractivity contribution in [1.29, 1.82) is 0 Å². The normalized spacial score (nSPS) is 18.1. The van der Waals surface area contributed by atoms with Gasteiger partial charge in [0.1, 0.15) is 0 Å². The van der Waals surface area contributed by atoms with Gasteiger partial charge in [0.2, 0.25) is 0 Å². The van der Waals surface area contributed by atoms with Crippen LogP contribution < -0.4 is 5.73 Å². The van der Waals surface area contributed by atoms with Crippen LogP contribution in [0.15, 0.2) is 24.3 Å². The molecule has 1 aromatic rings. The van der Waals surface area contributed by atoms with Crippen LogP contribution in [0.25, 0.3) is 0 Å². The highest BCUT2D eigenvalue weighted by molar-refractivity contribution is 5.35. The lowest BCUT2D eigenvalue weighted by Gasteiger charge is -2.30. The average molecular weight is 205 g/mol. The summed E-state index contributed by atoms with van der Waals surface area (Å²) in [6.45, 7) is 4.74. The average Bonchev–Trinajstić information content (AvgIpc) is 2.55. The van der Waals surface area contributed by atoms with E-state index in [1.54, 1.807) is 0 Å². The Labute approximate surface area is 91.4 Å². The standard InChI is InChI=1S/C13H19NO/c1-10(2)15-13(9-14)7-11-5-3-4-6-12(11)8-13/h3-6,10H,7-9,14H2,1-2H3. The molecule has 1 aliphatic carbocycles. The minimum atomic E-state index is -0.155. The summed E-state index contributed by atoms with van der Waals surface area (Å²) in [7, 11) is 0. The summed E-state index contributed by atoms with van der Waals surface area (Å²) in [6, 6.07) is 8.52. The molecule has 0 unspecified atom stereocenters. The van der Waals surface area contributed by atoms with Gasteiger partial charge in [0.25, 0.3) is 0 Å². The molecule has 2 nitrogen and oxygen atoms in total. The molecule has 2 N–H and O–H groups in total. The molecule has 0 saturated carbocycles. The molecular formula is C13H19NO. The van der Waals surface area contributed by atoms with Gasteiger partial charge in [-0.05, 0) is 25.0 Å². The summed E-state index contributed by atoms with van der Waals surface area (Å²) >= 11 is 0. The van der Waals surface area contributed by atoms with Crippen molar-refractivity contribution in [2.45, 2.75) is 38.4 Å². The van der Waals surface area contributed by atoms with Gasteiger partial charge in [-0.3, -0.25) is 0 Å². The summed E-state index contributed by atoms with van der Waals surface area (Å²) in [4.78, 5) is 0. The lowest BCUT2D eigenvalue weighted by Crippen LogP contribution is -2.43. The van der Waals surface area contributed by atoms with Gasteiger partial charge in [-0.25, -0.2) is 0 Å². The zero-order chi connectivity index (χ0) is 10.9. The molecule has 2 rings (SSSR count). The molecule has 0 spiro atoms. The number of nitrogens with two attached hydrogens (primary N) is 1. The van der Waals surface area contributed by atoms with Gasteiger partial charge in [0.15, 0.2) is 0 Å². The van der Waals surface area contributed by atoms with Crippen molar-refractivity contribution in [3.05, 3.63) is 35.4 Å². The fourth-order valence-electron chi connectivity index (χ4n) is 2.43. The molecule has 0 aliphatic heterocycles. The second-order valence-corrected chi connectivity index (χ2v) is 4.68. The van der Waals surface area contributed by atoms with Crippen molar-refractivity contribution in [3.8, 4) is 0 Å². The predicted octanol–water partition coefficient (Wildman–Crippen LogP) is 1.91. The topological polar surface area (TPSA) is 35.2 Å². The van der Waals surface area contributed by atoms with Crippen LogP contribution in [-0.2, 0) is 17.6 Å². The minimum Gasteiger partial charge on any atom is -0.370 e. The number of fused-ring (bicyclic) bond motifs is 1. The third-order valence-corrected chi connectivity index (χ3v) is 3.00. The molecule has 15 heavy (non-hydrogen) atoms. The molecule has 1 aliphatic rings. The third-order valence-electron chi connectivity index (χ3n) is 3.00. The Morgan fingerprint density at radius 1 is 1.27 bits per heavy atom. The fourth-order valence-corrected chi connectivity index (χ4v) is 2.43. The second kappa shape index (κ2) is 3.95. The van der Waals surface area contributed by atoms with Crippen molar-refractivity contribution in [2.24, 2.45) is 5.73 Å². The van der Waals surface area contributed by atoms with E-state index in [0.29, 0.717) is 6.54 Å². The minimum absolute atomic E-state index is 0.155. The summed E-state index contributed by atoms with van der Waals surface area (Å²) in [5.41, 5.74) is 8.50. The maximum atomic E-state index is 6.01. The molecule has 0 amide bonds. The van der Waals surface area contributed by atoms with Gasteiger partial charge in [0, 0.05) is 19.4 Å². The first kappa shape index (κ1) is 10.7. The smallest absolute Gasteiger partial charge is 0.0887 e. The molecule has 0 bridgehead atoms. The highest BCUT2D eigenvalue weighted by Crippen LogP contribution is 2.32. The van der Waals surface area contributed by atoms with E-state index >= 15 is 0 Å². The first-order valence-electron chi connectivity index (χ1n) is 5.60. The first-order chi connectivity index (χ1) is 7.15. The van der Waals surface area contributed by atoms with Crippen molar-refractivity contribution in [2.75, 3.05) is 6.54 Å². The lowest BCUT2D eigenvalue weighted by molar-refractivity contribution is -0.0670. The quantitative estimate of drug-likeness (QED) is 0.818. The SMILES string of the molecule is CC(C)OC1(CN)Cc2ccccc2C1. The maximum Gasteiger partial charge on any atom is 0.0887 e. The molecule has 1 aromatic carbocycles. The third kappa shape index (κ3) is 2.06. The Bertz CT molecular complexity index is 321. The fraction of sp³-hybridized carbons (Fsp3) is 0.538. The number of hydrogen-bond acceptors (Lipinski definition) is 2. The molecule has 0 fully saturated rings. The highest BCUT2D eigenvalue weighted by atomic mass is 16.5. The van der Waals surface area contributed by atoms with Crippen LogP contribution in [0.4, 0.5) is 0 Å². The zero-order valence-electron chi connectivity index (χ0n) is 9.49. The molecule has 0 atom stereocenters. The number of benzene rings is 1. The van der Waals surface area contributed by atoms with E-state index in [-0.39, 0.29) is 11.7 Å². The first-order valence-corrected chi connectivity index (χ1v) is 5.60. The molecule has 82 valence electrons. The van der Waals surface area contributed by atoms with E-state index in [0.717, 1.165) is 12.8 Å². The zero-order valence-corrected chi connectivity index (χ0v) is 9.49. The Morgan fingerprint density at radius 2 is 1.80 bits per heavy atom. The van der Waals surface area contributed by atoms with E-state index in [9.17, 15) is 0 Å². The second-order valence-electron chi connectivity index (χ2n) is 4.68. The number of rotatable bonds is 3. The summed E-state index contributed by atoms with van der Waals surface area (Å²) in [6.07, 6.45) is 2.15. The largest absolute Gasteiger partial charge is 0.370 e. The van der Waals surface area contributed by atoms with Gasteiger partial charge in [-0.2, -0.15) is 0 Å². The Balaban J connectivity index is 2.21. The van der Waals surface area contributed by atoms with Crippen LogP contribution in [0, 0.1) is 0 Å². The highest BCUT2D eigenvalue weighted by Gasteiger charge is 2.37. The van der Waals surface area contributed by atoms with E-state index in [1.165, 1.54) is 11.1 Å². The van der Waals surface area contributed by atoms with Crippen LogP contribution in [-0.4, -0.2) is 18.2 Å². The van der Waals surface area contributed by atoms with Gasteiger partial charge in [0.05, 0.1) is 11.7 Å². The van der Waals surface area contributed by atoms with E-state index < -0.39 is 0 Å². The Morgan fingerprint density at radius 3 is 2.20 bits per heavy atom. The molecule has 0 saturated heterocycles. The van der Waals surface area contributed by atoms with Crippen LogP contribution in [0.3, 0.4) is 0 Å². The van der Waals surface area contributed by atoms with Gasteiger partial charge >= 0.3 is 0 Å².